The average Bonchev–Trinajstić information content (AvgIpc) is 2.41. The Morgan fingerprint density at radius 1 is 1.22 bits per heavy atom. The van der Waals surface area contributed by atoms with Crippen molar-refractivity contribution in [1.82, 2.24) is 5.32 Å². The molecule has 0 aliphatic heterocycles. The lowest BCUT2D eigenvalue weighted by molar-refractivity contribution is 0.355. The van der Waals surface area contributed by atoms with Gasteiger partial charge >= 0.3 is 0 Å². The maximum absolute atomic E-state index is 11.0. The van der Waals surface area contributed by atoms with E-state index >= 15 is 0 Å². The van der Waals surface area contributed by atoms with E-state index in [1.165, 1.54) is 19.3 Å². The van der Waals surface area contributed by atoms with Crippen molar-refractivity contribution in [2.75, 3.05) is 0 Å². The van der Waals surface area contributed by atoms with Crippen LogP contribution in [0.25, 0.3) is 0 Å². The summed E-state index contributed by atoms with van der Waals surface area (Å²) in [6, 6.07) is 7.22. The average molecular weight is 246 g/mol. The lowest BCUT2D eigenvalue weighted by Crippen LogP contribution is -2.41. The fraction of sp³-hybridized carbons (Fsp3) is 0.533. The van der Waals surface area contributed by atoms with E-state index in [1.54, 1.807) is 12.1 Å². The van der Waals surface area contributed by atoms with E-state index in [-0.39, 0.29) is 11.8 Å². The predicted octanol–water partition coefficient (Wildman–Crippen LogP) is 2.34. The third kappa shape index (κ3) is 3.84. The van der Waals surface area contributed by atoms with Crippen LogP contribution in [0.3, 0.4) is 0 Å². The van der Waals surface area contributed by atoms with Gasteiger partial charge in [0, 0.05) is 6.04 Å². The molecule has 1 radical (unpaired) electrons. The molecule has 1 aliphatic rings. The summed E-state index contributed by atoms with van der Waals surface area (Å²) in [6.45, 7) is 0. The number of aromatic hydroxyl groups is 1. The molecule has 18 heavy (non-hydrogen) atoms. The van der Waals surface area contributed by atoms with Gasteiger partial charge in [-0.3, -0.25) is 4.79 Å². The number of carbonyl (C=O) groups excluding carboxylic acids is 1. The highest BCUT2D eigenvalue weighted by Crippen LogP contribution is 2.18. The minimum atomic E-state index is -0.238. The van der Waals surface area contributed by atoms with Gasteiger partial charge in [0.1, 0.15) is 5.75 Å². The summed E-state index contributed by atoms with van der Waals surface area (Å²) in [6.07, 6.45) is 8.86. The molecule has 1 unspecified atom stereocenters. The molecule has 3 heteroatoms. The molecule has 1 aliphatic carbocycles. The number of phenols is 1. The molecule has 1 aromatic carbocycles. The van der Waals surface area contributed by atoms with Crippen LogP contribution >= 0.6 is 0 Å². The molecular formula is C15H20NO2. The fourth-order valence-corrected chi connectivity index (χ4v) is 2.56. The van der Waals surface area contributed by atoms with Crippen LogP contribution in [0.15, 0.2) is 24.3 Å². The standard InChI is InChI=1S/C15H20NO2/c17-11-14(16-13-4-2-1-3-5-13)10-12-6-8-15(18)9-7-12/h6-9,13-14,16,18H,1-5,10H2. The third-order valence-corrected chi connectivity index (χ3v) is 3.56. The maximum Gasteiger partial charge on any atom is 0.217 e. The van der Waals surface area contributed by atoms with E-state index in [0.29, 0.717) is 12.5 Å². The van der Waals surface area contributed by atoms with Gasteiger partial charge in [-0.15, -0.1) is 0 Å². The topological polar surface area (TPSA) is 49.3 Å². The third-order valence-electron chi connectivity index (χ3n) is 3.56. The first kappa shape index (κ1) is 13.1. The lowest BCUT2D eigenvalue weighted by Gasteiger charge is -2.25. The number of rotatable bonds is 5. The van der Waals surface area contributed by atoms with Crippen molar-refractivity contribution in [2.45, 2.75) is 50.6 Å². The van der Waals surface area contributed by atoms with Crippen molar-refractivity contribution in [3.63, 3.8) is 0 Å². The molecule has 0 aromatic heterocycles. The van der Waals surface area contributed by atoms with E-state index in [9.17, 15) is 9.90 Å². The molecule has 3 nitrogen and oxygen atoms in total. The second-order valence-electron chi connectivity index (χ2n) is 5.04. The van der Waals surface area contributed by atoms with E-state index in [1.807, 2.05) is 12.1 Å². The van der Waals surface area contributed by atoms with Gasteiger partial charge in [-0.25, -0.2) is 0 Å². The van der Waals surface area contributed by atoms with Gasteiger partial charge in [0.2, 0.25) is 6.29 Å². The monoisotopic (exact) mass is 246 g/mol. The fourth-order valence-electron chi connectivity index (χ4n) is 2.56. The Hall–Kier alpha value is -1.35. The highest BCUT2D eigenvalue weighted by molar-refractivity contribution is 5.59. The molecule has 0 amide bonds. The number of hydrogen-bond donors (Lipinski definition) is 2. The summed E-state index contributed by atoms with van der Waals surface area (Å²) in [5, 5.41) is 12.6. The molecule has 0 spiro atoms. The summed E-state index contributed by atoms with van der Waals surface area (Å²) >= 11 is 0. The molecule has 1 fully saturated rings. The Morgan fingerprint density at radius 3 is 2.50 bits per heavy atom. The summed E-state index contributed by atoms with van der Waals surface area (Å²) in [4.78, 5) is 11.0. The smallest absolute Gasteiger partial charge is 0.217 e. The van der Waals surface area contributed by atoms with E-state index in [0.717, 1.165) is 18.4 Å². The predicted molar refractivity (Wildman–Crippen MR) is 71.3 cm³/mol. The quantitative estimate of drug-likeness (QED) is 0.838. The molecule has 2 N–H and O–H groups in total. The molecule has 1 atom stereocenters. The Bertz CT molecular complexity index is 369. The maximum atomic E-state index is 11.0. The Morgan fingerprint density at radius 2 is 1.89 bits per heavy atom. The molecule has 97 valence electrons. The number of phenolic OH excluding ortho intramolecular Hbond substituents is 1. The van der Waals surface area contributed by atoms with Crippen LogP contribution in [0, 0.1) is 0 Å². The summed E-state index contributed by atoms with van der Waals surface area (Å²) < 4.78 is 0. The number of benzene rings is 1. The van der Waals surface area contributed by atoms with Gasteiger partial charge in [-0.1, -0.05) is 31.4 Å². The lowest BCUT2D eigenvalue weighted by atomic mass is 9.94. The van der Waals surface area contributed by atoms with Crippen molar-refractivity contribution in [1.29, 1.82) is 0 Å². The number of nitrogens with one attached hydrogen (secondary N) is 1. The minimum Gasteiger partial charge on any atom is -0.508 e. The normalized spacial score (nSPS) is 18.4. The largest absolute Gasteiger partial charge is 0.508 e. The zero-order valence-corrected chi connectivity index (χ0v) is 10.6. The van der Waals surface area contributed by atoms with Crippen molar-refractivity contribution in [3.05, 3.63) is 29.8 Å². The first-order valence-electron chi connectivity index (χ1n) is 6.69. The second kappa shape index (κ2) is 6.55. The van der Waals surface area contributed by atoms with Gasteiger partial charge in [0.15, 0.2) is 0 Å². The van der Waals surface area contributed by atoms with Gasteiger partial charge < -0.3 is 10.4 Å². The molecule has 2 rings (SSSR count). The first-order valence-corrected chi connectivity index (χ1v) is 6.69. The highest BCUT2D eigenvalue weighted by atomic mass is 16.3. The molecule has 0 bridgehead atoms. The van der Waals surface area contributed by atoms with Crippen LogP contribution < -0.4 is 5.32 Å². The minimum absolute atomic E-state index is 0.238. The van der Waals surface area contributed by atoms with Crippen molar-refractivity contribution < 1.29 is 9.90 Å². The Kier molecular flexibility index (Phi) is 4.76. The molecular weight excluding hydrogens is 226 g/mol. The Labute approximate surface area is 108 Å². The zero-order valence-electron chi connectivity index (χ0n) is 10.6. The highest BCUT2D eigenvalue weighted by Gasteiger charge is 2.18. The first-order chi connectivity index (χ1) is 8.78. The van der Waals surface area contributed by atoms with Crippen LogP contribution in [-0.2, 0) is 11.2 Å². The zero-order chi connectivity index (χ0) is 12.8. The summed E-state index contributed by atoms with van der Waals surface area (Å²) in [5.41, 5.74) is 1.05. The summed E-state index contributed by atoms with van der Waals surface area (Å²) in [7, 11) is 0. The van der Waals surface area contributed by atoms with Crippen LogP contribution in [0.2, 0.25) is 0 Å². The van der Waals surface area contributed by atoms with Gasteiger partial charge in [0.25, 0.3) is 0 Å². The van der Waals surface area contributed by atoms with Crippen LogP contribution in [-0.4, -0.2) is 23.5 Å². The van der Waals surface area contributed by atoms with Crippen LogP contribution in [0.4, 0.5) is 0 Å². The molecule has 0 heterocycles. The van der Waals surface area contributed by atoms with Gasteiger partial charge in [-0.05, 0) is 37.0 Å². The molecule has 1 aromatic rings. The summed E-state index contributed by atoms with van der Waals surface area (Å²) in [5.74, 6) is 0.255. The van der Waals surface area contributed by atoms with Crippen LogP contribution in [0.1, 0.15) is 37.7 Å². The van der Waals surface area contributed by atoms with E-state index < -0.39 is 0 Å². The van der Waals surface area contributed by atoms with E-state index in [4.69, 9.17) is 0 Å². The molecule has 0 saturated heterocycles. The SMILES string of the molecule is O=[C]C(Cc1ccc(O)cc1)NC1CCCCC1. The van der Waals surface area contributed by atoms with Crippen molar-refractivity contribution >= 4 is 6.29 Å². The second-order valence-corrected chi connectivity index (χ2v) is 5.04. The van der Waals surface area contributed by atoms with Crippen molar-refractivity contribution in [2.24, 2.45) is 0 Å². The van der Waals surface area contributed by atoms with E-state index in [2.05, 4.69) is 11.6 Å². The number of hydrogen-bond acceptors (Lipinski definition) is 3. The van der Waals surface area contributed by atoms with Gasteiger partial charge in [-0.2, -0.15) is 0 Å². The molecule has 1 saturated carbocycles. The van der Waals surface area contributed by atoms with Crippen LogP contribution in [0.5, 0.6) is 5.75 Å². The van der Waals surface area contributed by atoms with Gasteiger partial charge in [0.05, 0.1) is 6.04 Å². The van der Waals surface area contributed by atoms with Crippen molar-refractivity contribution in [3.8, 4) is 5.75 Å². The Balaban J connectivity index is 1.88.